The fourth-order valence-corrected chi connectivity index (χ4v) is 2.15. The molecule has 0 saturated heterocycles. The van der Waals surface area contributed by atoms with Crippen molar-refractivity contribution in [3.05, 3.63) is 53.6 Å². The summed E-state index contributed by atoms with van der Waals surface area (Å²) in [6.45, 7) is 6.22. The van der Waals surface area contributed by atoms with Gasteiger partial charge in [0.05, 0.1) is 7.11 Å². The molecular weight excluding hydrogens is 262 g/mol. The molecule has 21 heavy (non-hydrogen) atoms. The van der Waals surface area contributed by atoms with Gasteiger partial charge < -0.3 is 9.84 Å². The van der Waals surface area contributed by atoms with E-state index in [-0.39, 0.29) is 11.2 Å². The van der Waals surface area contributed by atoms with Crippen LogP contribution < -0.4 is 4.74 Å². The minimum Gasteiger partial charge on any atom is -0.507 e. The number of ether oxygens (including phenoxy) is 1. The first kappa shape index (κ1) is 15.1. The Morgan fingerprint density at radius 2 is 1.76 bits per heavy atom. The van der Waals surface area contributed by atoms with Gasteiger partial charge >= 0.3 is 0 Å². The summed E-state index contributed by atoms with van der Waals surface area (Å²) in [5.74, 6) is 0.990. The molecule has 3 heteroatoms. The number of hydrogen-bond acceptors (Lipinski definition) is 3. The second-order valence-electron chi connectivity index (χ2n) is 5.92. The van der Waals surface area contributed by atoms with E-state index in [1.807, 2.05) is 42.5 Å². The zero-order valence-electron chi connectivity index (χ0n) is 12.9. The second-order valence-corrected chi connectivity index (χ2v) is 5.92. The van der Waals surface area contributed by atoms with Gasteiger partial charge in [0.25, 0.3) is 0 Å². The van der Waals surface area contributed by atoms with E-state index in [0.717, 1.165) is 11.3 Å². The van der Waals surface area contributed by atoms with Crippen LogP contribution in [-0.2, 0) is 5.41 Å². The lowest BCUT2D eigenvalue weighted by atomic mass is 9.85. The van der Waals surface area contributed by atoms with E-state index >= 15 is 0 Å². The Morgan fingerprint density at radius 3 is 2.43 bits per heavy atom. The number of hydrogen-bond donors (Lipinski definition) is 1. The average Bonchev–Trinajstić information content (AvgIpc) is 2.45. The van der Waals surface area contributed by atoms with Crippen LogP contribution in [0.3, 0.4) is 0 Å². The van der Waals surface area contributed by atoms with Crippen LogP contribution in [0.1, 0.15) is 31.9 Å². The van der Waals surface area contributed by atoms with Crippen LogP contribution in [0.15, 0.2) is 47.5 Å². The Labute approximate surface area is 125 Å². The molecule has 1 N–H and O–H groups in total. The van der Waals surface area contributed by atoms with Crippen molar-refractivity contribution in [1.82, 2.24) is 0 Å². The van der Waals surface area contributed by atoms with Gasteiger partial charge in [-0.3, -0.25) is 4.99 Å². The quantitative estimate of drug-likeness (QED) is 0.846. The highest BCUT2D eigenvalue weighted by Crippen LogP contribution is 2.33. The summed E-state index contributed by atoms with van der Waals surface area (Å²) in [5, 5.41) is 10.4. The molecule has 0 saturated carbocycles. The van der Waals surface area contributed by atoms with E-state index < -0.39 is 0 Å². The lowest BCUT2D eigenvalue weighted by Gasteiger charge is -2.21. The highest BCUT2D eigenvalue weighted by molar-refractivity contribution is 5.86. The smallest absolute Gasteiger partial charge is 0.144 e. The molecule has 0 aromatic heterocycles. The number of phenols is 1. The van der Waals surface area contributed by atoms with Crippen molar-refractivity contribution >= 4 is 11.9 Å². The van der Waals surface area contributed by atoms with Gasteiger partial charge in [-0.25, -0.2) is 0 Å². The van der Waals surface area contributed by atoms with Crippen molar-refractivity contribution in [3.63, 3.8) is 0 Å². The maximum absolute atomic E-state index is 10.4. The number of phenolic OH excluding ortho intramolecular Hbond substituents is 1. The topological polar surface area (TPSA) is 41.8 Å². The zero-order valence-corrected chi connectivity index (χ0v) is 12.9. The summed E-state index contributed by atoms with van der Waals surface area (Å²) >= 11 is 0. The van der Waals surface area contributed by atoms with Crippen molar-refractivity contribution < 1.29 is 9.84 Å². The second kappa shape index (κ2) is 6.00. The average molecular weight is 283 g/mol. The summed E-state index contributed by atoms with van der Waals surface area (Å²) < 4.78 is 5.27. The van der Waals surface area contributed by atoms with Gasteiger partial charge in [-0.1, -0.05) is 45.0 Å². The normalized spacial score (nSPS) is 11.8. The first-order chi connectivity index (χ1) is 9.93. The molecule has 110 valence electrons. The molecule has 0 aliphatic heterocycles. The maximum atomic E-state index is 10.4. The van der Waals surface area contributed by atoms with Crippen LogP contribution in [0, 0.1) is 0 Å². The Balaban J connectivity index is 2.38. The molecule has 0 radical (unpaired) electrons. The molecule has 0 spiro atoms. The van der Waals surface area contributed by atoms with E-state index in [2.05, 4.69) is 25.8 Å². The van der Waals surface area contributed by atoms with Crippen LogP contribution in [0.25, 0.3) is 0 Å². The van der Waals surface area contributed by atoms with Crippen molar-refractivity contribution in [1.29, 1.82) is 0 Å². The van der Waals surface area contributed by atoms with Crippen molar-refractivity contribution in [2.45, 2.75) is 26.2 Å². The standard InChI is InChI=1S/C18H21NO2/c1-18(2,3)14-9-7-8-13(17(14)20)12-19-15-10-5-6-11-16(15)21-4/h5-12,20H,1-4H3. The Kier molecular flexibility index (Phi) is 4.32. The Bertz CT molecular complexity index is 655. The SMILES string of the molecule is COc1ccccc1N=Cc1cccc(C(C)(C)C)c1O. The molecule has 0 bridgehead atoms. The summed E-state index contributed by atoms with van der Waals surface area (Å²) in [7, 11) is 1.62. The fraction of sp³-hybridized carbons (Fsp3) is 0.278. The Morgan fingerprint density at radius 1 is 1.05 bits per heavy atom. The van der Waals surface area contributed by atoms with Crippen LogP contribution in [0.2, 0.25) is 0 Å². The monoisotopic (exact) mass is 283 g/mol. The highest BCUT2D eigenvalue weighted by Gasteiger charge is 2.19. The van der Waals surface area contributed by atoms with Crippen LogP contribution in [-0.4, -0.2) is 18.4 Å². The van der Waals surface area contributed by atoms with E-state index in [1.54, 1.807) is 13.3 Å². The number of para-hydroxylation sites is 3. The molecule has 3 nitrogen and oxygen atoms in total. The summed E-state index contributed by atoms with van der Waals surface area (Å²) in [5.41, 5.74) is 2.23. The van der Waals surface area contributed by atoms with Crippen LogP contribution in [0.5, 0.6) is 11.5 Å². The Hall–Kier alpha value is -2.29. The molecule has 0 aliphatic rings. The minimum absolute atomic E-state index is 0.113. The van der Waals surface area contributed by atoms with E-state index in [9.17, 15) is 5.11 Å². The number of methoxy groups -OCH3 is 1. The highest BCUT2D eigenvalue weighted by atomic mass is 16.5. The first-order valence-corrected chi connectivity index (χ1v) is 6.93. The molecular formula is C18H21NO2. The summed E-state index contributed by atoms with van der Waals surface area (Å²) in [6, 6.07) is 13.3. The van der Waals surface area contributed by atoms with E-state index in [1.165, 1.54) is 0 Å². The van der Waals surface area contributed by atoms with Gasteiger partial charge in [-0.15, -0.1) is 0 Å². The molecule has 0 amide bonds. The third-order valence-electron chi connectivity index (χ3n) is 3.30. The van der Waals surface area contributed by atoms with Gasteiger partial charge in [0.1, 0.15) is 17.2 Å². The first-order valence-electron chi connectivity index (χ1n) is 6.93. The number of aromatic hydroxyl groups is 1. The van der Waals surface area contributed by atoms with Gasteiger partial charge in [0.15, 0.2) is 0 Å². The fourth-order valence-electron chi connectivity index (χ4n) is 2.15. The molecule has 0 atom stereocenters. The summed E-state index contributed by atoms with van der Waals surface area (Å²) in [6.07, 6.45) is 1.67. The number of rotatable bonds is 3. The lowest BCUT2D eigenvalue weighted by molar-refractivity contribution is 0.416. The minimum atomic E-state index is -0.113. The molecule has 2 aromatic carbocycles. The number of nitrogens with zero attached hydrogens (tertiary/aromatic N) is 1. The number of benzene rings is 2. The number of aliphatic imine (C=N–C) groups is 1. The van der Waals surface area contributed by atoms with Crippen molar-refractivity contribution in [2.24, 2.45) is 4.99 Å². The third kappa shape index (κ3) is 3.43. The van der Waals surface area contributed by atoms with E-state index in [4.69, 9.17) is 4.74 Å². The third-order valence-corrected chi connectivity index (χ3v) is 3.30. The zero-order chi connectivity index (χ0) is 15.5. The molecule has 2 rings (SSSR count). The van der Waals surface area contributed by atoms with Gasteiger partial charge in [-0.05, 0) is 29.2 Å². The van der Waals surface area contributed by atoms with Gasteiger partial charge in [0, 0.05) is 11.8 Å². The van der Waals surface area contributed by atoms with Crippen LogP contribution >= 0.6 is 0 Å². The van der Waals surface area contributed by atoms with Gasteiger partial charge in [-0.2, -0.15) is 0 Å². The predicted molar refractivity (Wildman–Crippen MR) is 87.1 cm³/mol. The lowest BCUT2D eigenvalue weighted by Crippen LogP contribution is -2.11. The molecule has 0 aliphatic carbocycles. The van der Waals surface area contributed by atoms with Crippen LogP contribution in [0.4, 0.5) is 5.69 Å². The largest absolute Gasteiger partial charge is 0.507 e. The maximum Gasteiger partial charge on any atom is 0.144 e. The summed E-state index contributed by atoms with van der Waals surface area (Å²) in [4.78, 5) is 4.42. The molecule has 2 aromatic rings. The molecule has 0 unspecified atom stereocenters. The van der Waals surface area contributed by atoms with Gasteiger partial charge in [0.2, 0.25) is 0 Å². The molecule has 0 fully saturated rings. The predicted octanol–water partition coefficient (Wildman–Crippen LogP) is 4.45. The van der Waals surface area contributed by atoms with E-state index in [0.29, 0.717) is 11.3 Å². The van der Waals surface area contributed by atoms with Crippen molar-refractivity contribution in [2.75, 3.05) is 7.11 Å². The molecule has 0 heterocycles. The van der Waals surface area contributed by atoms with Crippen molar-refractivity contribution in [3.8, 4) is 11.5 Å².